The third kappa shape index (κ3) is 9.46. The van der Waals surface area contributed by atoms with Crippen LogP contribution in [0.3, 0.4) is 0 Å². The van der Waals surface area contributed by atoms with E-state index in [9.17, 15) is 0 Å². The standard InChI is InChI=1S/C24H28N4O.C11H15Cl2NO/c1-29-22-8-6-21(7-9-22)28-14-12-27(13-15-28)11-3-2-4-20-18-26-24-10-5-19(17-25)16-23(20)24;1-15-11-4-2-10(3-5-11)14(8-6-12)9-7-13/h5-10,16,18,26H,2-4,11-15H2,1H3;2-5H,6-9H2,1H3. The Kier molecular flexibility index (Phi) is 13.4. The number of H-pyrrole nitrogens is 1. The van der Waals surface area contributed by atoms with E-state index >= 15 is 0 Å². The van der Waals surface area contributed by atoms with E-state index in [-0.39, 0.29) is 0 Å². The zero-order valence-corrected chi connectivity index (χ0v) is 27.3. The summed E-state index contributed by atoms with van der Waals surface area (Å²) in [7, 11) is 3.36. The molecule has 0 amide bonds. The van der Waals surface area contributed by atoms with Crippen molar-refractivity contribution in [1.29, 1.82) is 5.26 Å². The van der Waals surface area contributed by atoms with Crippen LogP contribution in [0, 0.1) is 11.3 Å². The molecule has 4 aromatic rings. The van der Waals surface area contributed by atoms with Crippen LogP contribution >= 0.6 is 23.2 Å². The average Bonchev–Trinajstić information content (AvgIpc) is 3.49. The number of anilines is 2. The van der Waals surface area contributed by atoms with Gasteiger partial charge in [0.2, 0.25) is 0 Å². The topological polar surface area (TPSA) is 67.8 Å². The third-order valence-corrected chi connectivity index (χ3v) is 8.36. The predicted molar refractivity (Wildman–Crippen MR) is 184 cm³/mol. The number of unbranched alkanes of at least 4 members (excludes halogenated alkanes) is 1. The van der Waals surface area contributed by atoms with Crippen LogP contribution in [0.25, 0.3) is 10.9 Å². The maximum absolute atomic E-state index is 9.12. The summed E-state index contributed by atoms with van der Waals surface area (Å²) in [6, 6.07) is 24.4. The highest BCUT2D eigenvalue weighted by Gasteiger charge is 2.17. The normalized spacial score (nSPS) is 13.2. The van der Waals surface area contributed by atoms with Gasteiger partial charge in [0.25, 0.3) is 0 Å². The second-order valence-electron chi connectivity index (χ2n) is 10.7. The highest BCUT2D eigenvalue weighted by atomic mass is 35.5. The fraction of sp³-hybridized carbons (Fsp3) is 0.400. The lowest BCUT2D eigenvalue weighted by Crippen LogP contribution is -2.46. The zero-order chi connectivity index (χ0) is 31.1. The van der Waals surface area contributed by atoms with Gasteiger partial charge in [-0.05, 0) is 98.1 Å². The van der Waals surface area contributed by atoms with E-state index in [1.165, 1.54) is 29.5 Å². The summed E-state index contributed by atoms with van der Waals surface area (Å²) < 4.78 is 10.3. The molecule has 0 spiro atoms. The van der Waals surface area contributed by atoms with Crippen LogP contribution in [0.4, 0.5) is 11.4 Å². The minimum atomic E-state index is 0.600. The van der Waals surface area contributed by atoms with Crippen LogP contribution in [-0.4, -0.2) is 81.7 Å². The number of halogens is 2. The molecule has 44 heavy (non-hydrogen) atoms. The molecule has 0 radical (unpaired) electrons. The number of aromatic nitrogens is 1. The first-order valence-corrected chi connectivity index (χ1v) is 16.3. The van der Waals surface area contributed by atoms with Crippen molar-refractivity contribution in [2.24, 2.45) is 0 Å². The van der Waals surface area contributed by atoms with Crippen LogP contribution in [0.15, 0.2) is 72.9 Å². The van der Waals surface area contributed by atoms with E-state index in [0.29, 0.717) is 11.8 Å². The SMILES string of the molecule is COc1ccc(N(CCCl)CCCl)cc1.COc1ccc(N2CCN(CCCCc3c[nH]c4ccc(C#N)cc34)CC2)cc1. The van der Waals surface area contributed by atoms with E-state index in [1.54, 1.807) is 14.2 Å². The number of hydrogen-bond donors (Lipinski definition) is 1. The molecule has 0 bridgehead atoms. The minimum absolute atomic E-state index is 0.600. The van der Waals surface area contributed by atoms with Gasteiger partial charge < -0.3 is 24.3 Å². The molecule has 0 unspecified atom stereocenters. The number of fused-ring (bicyclic) bond motifs is 1. The monoisotopic (exact) mass is 635 g/mol. The lowest BCUT2D eigenvalue weighted by molar-refractivity contribution is 0.253. The van der Waals surface area contributed by atoms with Crippen molar-refractivity contribution in [3.63, 3.8) is 0 Å². The summed E-state index contributed by atoms with van der Waals surface area (Å²) in [5.41, 5.74) is 5.57. The van der Waals surface area contributed by atoms with Crippen LogP contribution in [0.5, 0.6) is 11.5 Å². The number of aryl methyl sites for hydroxylation is 1. The van der Waals surface area contributed by atoms with E-state index < -0.39 is 0 Å². The Morgan fingerprint density at radius 1 is 0.841 bits per heavy atom. The molecule has 0 atom stereocenters. The Bertz CT molecular complexity index is 1440. The van der Waals surface area contributed by atoms with Gasteiger partial charge >= 0.3 is 0 Å². The molecule has 0 aliphatic carbocycles. The number of hydrogen-bond acceptors (Lipinski definition) is 6. The fourth-order valence-corrected chi connectivity index (χ4v) is 5.90. The lowest BCUT2D eigenvalue weighted by atomic mass is 10.1. The zero-order valence-electron chi connectivity index (χ0n) is 25.8. The number of nitriles is 1. The first kappa shape index (κ1) is 33.3. The van der Waals surface area contributed by atoms with E-state index in [1.807, 2.05) is 54.6 Å². The van der Waals surface area contributed by atoms with Gasteiger partial charge in [0.05, 0.1) is 25.9 Å². The third-order valence-electron chi connectivity index (χ3n) is 8.02. The summed E-state index contributed by atoms with van der Waals surface area (Å²) in [6.45, 7) is 7.15. The van der Waals surface area contributed by atoms with Gasteiger partial charge in [-0.25, -0.2) is 0 Å². The van der Waals surface area contributed by atoms with Gasteiger partial charge in [-0.15, -0.1) is 23.2 Å². The van der Waals surface area contributed by atoms with Crippen molar-refractivity contribution in [1.82, 2.24) is 9.88 Å². The number of nitrogens with one attached hydrogen (secondary N) is 1. The number of aromatic amines is 1. The van der Waals surface area contributed by atoms with Crippen molar-refractivity contribution < 1.29 is 9.47 Å². The number of methoxy groups -OCH3 is 2. The van der Waals surface area contributed by atoms with Gasteiger partial charge in [0, 0.05) is 79.5 Å². The number of benzene rings is 3. The van der Waals surface area contributed by atoms with Crippen molar-refractivity contribution >= 4 is 45.5 Å². The molecule has 1 aliphatic rings. The molecule has 1 N–H and O–H groups in total. The molecule has 9 heteroatoms. The summed E-state index contributed by atoms with van der Waals surface area (Å²) in [5, 5.41) is 10.3. The molecular weight excluding hydrogens is 593 g/mol. The summed E-state index contributed by atoms with van der Waals surface area (Å²) in [6.07, 6.45) is 5.52. The molecule has 234 valence electrons. The lowest BCUT2D eigenvalue weighted by Gasteiger charge is -2.36. The van der Waals surface area contributed by atoms with Gasteiger partial charge in [0.15, 0.2) is 0 Å². The van der Waals surface area contributed by atoms with Crippen molar-refractivity contribution in [2.45, 2.75) is 19.3 Å². The molecule has 1 aromatic heterocycles. The highest BCUT2D eigenvalue weighted by molar-refractivity contribution is 6.18. The second kappa shape index (κ2) is 17.7. The first-order chi connectivity index (χ1) is 21.6. The second-order valence-corrected chi connectivity index (χ2v) is 11.5. The Hall–Kier alpha value is -3.57. The molecular formula is C35H43Cl2N5O2. The Labute approximate surface area is 271 Å². The fourth-order valence-electron chi connectivity index (χ4n) is 5.50. The van der Waals surface area contributed by atoms with Gasteiger partial charge in [-0.1, -0.05) is 0 Å². The predicted octanol–water partition coefficient (Wildman–Crippen LogP) is 7.17. The highest BCUT2D eigenvalue weighted by Crippen LogP contribution is 2.23. The van der Waals surface area contributed by atoms with Gasteiger partial charge in [-0.2, -0.15) is 5.26 Å². The number of ether oxygens (including phenoxy) is 2. The van der Waals surface area contributed by atoms with Crippen LogP contribution in [0.2, 0.25) is 0 Å². The van der Waals surface area contributed by atoms with Crippen molar-refractivity contribution in [3.8, 4) is 17.6 Å². The first-order valence-electron chi connectivity index (χ1n) is 15.2. The van der Waals surface area contributed by atoms with Crippen molar-refractivity contribution in [2.75, 3.05) is 81.6 Å². The quantitative estimate of drug-likeness (QED) is 0.124. The van der Waals surface area contributed by atoms with Gasteiger partial charge in [0.1, 0.15) is 11.5 Å². The van der Waals surface area contributed by atoms with E-state index in [2.05, 4.69) is 44.1 Å². The summed E-state index contributed by atoms with van der Waals surface area (Å²) in [5.74, 6) is 2.97. The molecule has 5 rings (SSSR count). The molecule has 1 aliphatic heterocycles. The smallest absolute Gasteiger partial charge is 0.119 e. The number of piperazine rings is 1. The molecule has 0 saturated carbocycles. The number of nitrogens with zero attached hydrogens (tertiary/aromatic N) is 4. The van der Waals surface area contributed by atoms with Crippen LogP contribution in [0.1, 0.15) is 24.0 Å². The Balaban J connectivity index is 0.000000249. The summed E-state index contributed by atoms with van der Waals surface area (Å²) >= 11 is 11.5. The number of alkyl halides is 2. The van der Waals surface area contributed by atoms with E-state index in [0.717, 1.165) is 80.5 Å². The maximum Gasteiger partial charge on any atom is 0.119 e. The van der Waals surface area contributed by atoms with Crippen molar-refractivity contribution in [3.05, 3.63) is 84.1 Å². The molecule has 1 fully saturated rings. The largest absolute Gasteiger partial charge is 0.497 e. The van der Waals surface area contributed by atoms with Crippen LogP contribution in [-0.2, 0) is 6.42 Å². The Morgan fingerprint density at radius 2 is 1.48 bits per heavy atom. The molecule has 1 saturated heterocycles. The van der Waals surface area contributed by atoms with Crippen LogP contribution < -0.4 is 19.3 Å². The molecule has 7 nitrogen and oxygen atoms in total. The van der Waals surface area contributed by atoms with E-state index in [4.69, 9.17) is 37.9 Å². The average molecular weight is 637 g/mol. The number of rotatable bonds is 13. The molecule has 3 aromatic carbocycles. The van der Waals surface area contributed by atoms with Gasteiger partial charge in [-0.3, -0.25) is 4.90 Å². The summed E-state index contributed by atoms with van der Waals surface area (Å²) in [4.78, 5) is 10.5. The Morgan fingerprint density at radius 3 is 2.07 bits per heavy atom. The maximum atomic E-state index is 9.12. The molecule has 2 heterocycles. The minimum Gasteiger partial charge on any atom is -0.497 e.